The van der Waals surface area contributed by atoms with Crippen LogP contribution in [0.2, 0.25) is 0 Å². The molecule has 0 bridgehead atoms. The zero-order valence-electron chi connectivity index (χ0n) is 6.64. The van der Waals surface area contributed by atoms with Gasteiger partial charge in [-0.15, -0.1) is 0 Å². The monoisotopic (exact) mass is 177 g/mol. The molecule has 0 aliphatic carbocycles. The quantitative estimate of drug-likeness (QED) is 0.429. The van der Waals surface area contributed by atoms with Gasteiger partial charge in [-0.05, 0) is 6.92 Å². The maximum Gasteiger partial charge on any atom is 0.300 e. The van der Waals surface area contributed by atoms with Crippen molar-refractivity contribution in [3.8, 4) is 0 Å². The Hall–Kier alpha value is -0.410. The number of rotatable bonds is 1. The molecule has 0 fully saturated rings. The molecule has 11 heavy (non-hydrogen) atoms. The van der Waals surface area contributed by atoms with Crippen molar-refractivity contribution >= 4 is 16.9 Å². The summed E-state index contributed by atoms with van der Waals surface area (Å²) < 4.78 is 13.1. The molecule has 1 heterocycles. The molecular formula is C7H11ClFN2+. The topological polar surface area (TPSA) is 12.4 Å². The van der Waals surface area contributed by atoms with Gasteiger partial charge in [0.05, 0.1) is 19.8 Å². The Labute approximate surface area is 70.6 Å². The highest BCUT2D eigenvalue weighted by atomic mass is 35.5. The van der Waals surface area contributed by atoms with Crippen molar-refractivity contribution < 1.29 is 8.87 Å². The molecule has 1 aliphatic rings. The second-order valence-corrected chi connectivity index (χ2v) is 3.18. The number of hydrogen-bond donors (Lipinski definition) is 0. The molecule has 62 valence electrons. The average molecular weight is 178 g/mol. The second-order valence-electron chi connectivity index (χ2n) is 2.84. The number of quaternary nitrogens is 1. The summed E-state index contributed by atoms with van der Waals surface area (Å²) in [5.41, 5.74) is 0. The first-order valence-electron chi connectivity index (χ1n) is 3.51. The van der Waals surface area contributed by atoms with Crippen molar-refractivity contribution in [3.05, 3.63) is 12.0 Å². The minimum atomic E-state index is -0.209. The van der Waals surface area contributed by atoms with Crippen molar-refractivity contribution in [2.24, 2.45) is 4.99 Å². The SMILES string of the molecule is CC[N+]1(C)CC(F)=CN=C1Cl. The van der Waals surface area contributed by atoms with Crippen LogP contribution in [-0.2, 0) is 0 Å². The van der Waals surface area contributed by atoms with Crippen molar-refractivity contribution in [2.45, 2.75) is 6.92 Å². The maximum absolute atomic E-state index is 12.7. The van der Waals surface area contributed by atoms with Crippen LogP contribution in [0.4, 0.5) is 4.39 Å². The van der Waals surface area contributed by atoms with Gasteiger partial charge in [0.25, 0.3) is 5.29 Å². The van der Waals surface area contributed by atoms with Crippen LogP contribution in [-0.4, -0.2) is 29.9 Å². The van der Waals surface area contributed by atoms with E-state index >= 15 is 0 Å². The fourth-order valence-electron chi connectivity index (χ4n) is 0.944. The van der Waals surface area contributed by atoms with E-state index in [-0.39, 0.29) is 5.83 Å². The van der Waals surface area contributed by atoms with Gasteiger partial charge < -0.3 is 0 Å². The molecule has 0 N–H and O–H groups in total. The molecule has 0 aromatic carbocycles. The van der Waals surface area contributed by atoms with Crippen LogP contribution in [0.25, 0.3) is 0 Å². The van der Waals surface area contributed by atoms with Gasteiger partial charge in [-0.2, -0.15) is 4.99 Å². The summed E-state index contributed by atoms with van der Waals surface area (Å²) in [5, 5.41) is 0.453. The predicted molar refractivity (Wildman–Crippen MR) is 44.1 cm³/mol. The first kappa shape index (κ1) is 8.68. The van der Waals surface area contributed by atoms with E-state index in [1.807, 2.05) is 14.0 Å². The van der Waals surface area contributed by atoms with Crippen molar-refractivity contribution in [3.63, 3.8) is 0 Å². The Morgan fingerprint density at radius 1 is 1.82 bits per heavy atom. The molecular weight excluding hydrogens is 167 g/mol. The highest BCUT2D eigenvalue weighted by Gasteiger charge is 2.30. The smallest absolute Gasteiger partial charge is 0.261 e. The molecule has 0 amide bonds. The molecule has 0 aromatic heterocycles. The summed E-state index contributed by atoms with van der Waals surface area (Å²) in [6, 6.07) is 0. The zero-order valence-corrected chi connectivity index (χ0v) is 7.40. The molecule has 1 unspecified atom stereocenters. The van der Waals surface area contributed by atoms with Gasteiger partial charge in [0, 0.05) is 11.6 Å². The molecule has 0 saturated carbocycles. The van der Waals surface area contributed by atoms with Crippen molar-refractivity contribution in [2.75, 3.05) is 20.1 Å². The van der Waals surface area contributed by atoms with Crippen molar-refractivity contribution in [1.82, 2.24) is 0 Å². The molecule has 2 nitrogen and oxygen atoms in total. The summed E-state index contributed by atoms with van der Waals surface area (Å²) >= 11 is 5.80. The number of amidine groups is 1. The normalized spacial score (nSPS) is 31.3. The Balaban J connectivity index is 2.89. The number of likely N-dealkylation sites (N-methyl/N-ethyl adjacent to an activating group) is 1. The van der Waals surface area contributed by atoms with Gasteiger partial charge in [-0.25, -0.2) is 4.39 Å². The van der Waals surface area contributed by atoms with Crippen molar-refractivity contribution in [1.29, 1.82) is 0 Å². The van der Waals surface area contributed by atoms with Gasteiger partial charge in [0.1, 0.15) is 6.54 Å². The van der Waals surface area contributed by atoms with E-state index in [9.17, 15) is 4.39 Å². The Bertz CT molecular complexity index is 224. The van der Waals surface area contributed by atoms with E-state index in [0.717, 1.165) is 6.54 Å². The molecule has 0 saturated heterocycles. The predicted octanol–water partition coefficient (Wildman–Crippen LogP) is 1.87. The summed E-state index contributed by atoms with van der Waals surface area (Å²) in [6.07, 6.45) is 1.18. The molecule has 0 aromatic rings. The van der Waals surface area contributed by atoms with E-state index in [0.29, 0.717) is 16.3 Å². The number of hydrogen-bond acceptors (Lipinski definition) is 1. The number of halogens is 2. The molecule has 1 aliphatic heterocycles. The van der Waals surface area contributed by atoms with E-state index in [2.05, 4.69) is 4.99 Å². The van der Waals surface area contributed by atoms with E-state index in [1.54, 1.807) is 0 Å². The zero-order chi connectivity index (χ0) is 8.48. The fraction of sp³-hybridized carbons (Fsp3) is 0.571. The molecule has 0 spiro atoms. The maximum atomic E-state index is 12.7. The summed E-state index contributed by atoms with van der Waals surface area (Å²) in [5.74, 6) is -0.209. The van der Waals surface area contributed by atoms with Crippen LogP contribution in [0, 0.1) is 0 Å². The van der Waals surface area contributed by atoms with Gasteiger partial charge >= 0.3 is 0 Å². The highest BCUT2D eigenvalue weighted by Crippen LogP contribution is 2.17. The third kappa shape index (κ3) is 1.60. The lowest BCUT2D eigenvalue weighted by molar-refractivity contribution is -0.812. The standard InChI is InChI=1S/C7H11ClFN2/c1-3-11(2)5-6(9)4-10-7(11)8/h4H,3,5H2,1-2H3/q+1. The lowest BCUT2D eigenvalue weighted by Crippen LogP contribution is -2.48. The highest BCUT2D eigenvalue weighted by molar-refractivity contribution is 6.62. The van der Waals surface area contributed by atoms with Crippen LogP contribution in [0.5, 0.6) is 0 Å². The minimum Gasteiger partial charge on any atom is -0.261 e. The molecule has 1 atom stereocenters. The Kier molecular flexibility index (Phi) is 2.30. The average Bonchev–Trinajstić information content (AvgIpc) is 1.98. The summed E-state index contributed by atoms with van der Waals surface area (Å²) in [6.45, 7) is 3.03. The van der Waals surface area contributed by atoms with Gasteiger partial charge in [-0.3, -0.25) is 4.48 Å². The first-order chi connectivity index (χ1) is 5.08. The minimum absolute atomic E-state index is 0.209. The number of aliphatic imine (C=N–C) groups is 1. The van der Waals surface area contributed by atoms with Crippen LogP contribution < -0.4 is 0 Å². The van der Waals surface area contributed by atoms with Gasteiger partial charge in [-0.1, -0.05) is 0 Å². The third-order valence-electron chi connectivity index (χ3n) is 1.95. The lowest BCUT2D eigenvalue weighted by Gasteiger charge is -2.30. The largest absolute Gasteiger partial charge is 0.300 e. The van der Waals surface area contributed by atoms with Crippen LogP contribution in [0.3, 0.4) is 0 Å². The Morgan fingerprint density at radius 2 is 2.45 bits per heavy atom. The summed E-state index contributed by atoms with van der Waals surface area (Å²) in [7, 11) is 1.86. The van der Waals surface area contributed by atoms with E-state index in [1.165, 1.54) is 6.20 Å². The van der Waals surface area contributed by atoms with E-state index in [4.69, 9.17) is 11.6 Å². The summed E-state index contributed by atoms with van der Waals surface area (Å²) in [4.78, 5) is 3.75. The van der Waals surface area contributed by atoms with Crippen LogP contribution >= 0.6 is 11.6 Å². The lowest BCUT2D eigenvalue weighted by atomic mass is 10.4. The van der Waals surface area contributed by atoms with Crippen LogP contribution in [0.1, 0.15) is 6.92 Å². The molecule has 4 heteroatoms. The third-order valence-corrected chi connectivity index (χ3v) is 2.46. The molecule has 1 rings (SSSR count). The Morgan fingerprint density at radius 3 is 2.91 bits per heavy atom. The van der Waals surface area contributed by atoms with Gasteiger partial charge in [0.2, 0.25) is 0 Å². The number of nitrogens with zero attached hydrogens (tertiary/aromatic N) is 2. The molecule has 0 radical (unpaired) electrons. The van der Waals surface area contributed by atoms with Gasteiger partial charge in [0.15, 0.2) is 5.83 Å². The second kappa shape index (κ2) is 2.91. The first-order valence-corrected chi connectivity index (χ1v) is 3.89. The van der Waals surface area contributed by atoms with E-state index < -0.39 is 0 Å². The fourth-order valence-corrected chi connectivity index (χ4v) is 1.17. The van der Waals surface area contributed by atoms with Crippen LogP contribution in [0.15, 0.2) is 17.0 Å².